The van der Waals surface area contributed by atoms with E-state index >= 15 is 0 Å². The van der Waals surface area contributed by atoms with E-state index in [2.05, 4.69) is 51.9 Å². The number of allylic oxidation sites excluding steroid dienone is 3. The lowest BCUT2D eigenvalue weighted by atomic mass is 9.89. The van der Waals surface area contributed by atoms with Gasteiger partial charge in [0.05, 0.1) is 23.6 Å². The second-order valence-electron chi connectivity index (χ2n) is 8.82. The Kier molecular flexibility index (Phi) is 5.43. The summed E-state index contributed by atoms with van der Waals surface area (Å²) in [6.45, 7) is 9.36. The fourth-order valence-corrected chi connectivity index (χ4v) is 4.68. The topological polar surface area (TPSA) is 57.0 Å². The second-order valence-corrected chi connectivity index (χ2v) is 8.82. The van der Waals surface area contributed by atoms with E-state index in [9.17, 15) is 4.79 Å². The maximum Gasteiger partial charge on any atom is 0.255 e. The molecule has 1 unspecified atom stereocenters. The number of carbonyl (C=O) groups excluding carboxylic acids is 1. The molecule has 0 radical (unpaired) electrons. The van der Waals surface area contributed by atoms with Crippen molar-refractivity contribution >= 4 is 28.6 Å². The zero-order valence-electron chi connectivity index (χ0n) is 19.0. The predicted octanol–water partition coefficient (Wildman–Crippen LogP) is 3.23. The van der Waals surface area contributed by atoms with Crippen molar-refractivity contribution in [1.82, 2.24) is 24.5 Å². The van der Waals surface area contributed by atoms with Crippen LogP contribution in [0.3, 0.4) is 0 Å². The number of carbonyl (C=O) groups is 1. The highest BCUT2D eigenvalue weighted by molar-refractivity contribution is 6.01. The first-order valence-corrected chi connectivity index (χ1v) is 11.4. The average molecular weight is 431 g/mol. The predicted molar refractivity (Wildman–Crippen MR) is 128 cm³/mol. The zero-order chi connectivity index (χ0) is 22.2. The molecule has 0 N–H and O–H groups in total. The Morgan fingerprint density at radius 2 is 1.97 bits per heavy atom. The molecule has 1 aromatic carbocycles. The van der Waals surface area contributed by atoms with E-state index in [0.717, 1.165) is 72.7 Å². The molecule has 4 heterocycles. The molecule has 32 heavy (non-hydrogen) atoms. The average Bonchev–Trinajstić information content (AvgIpc) is 3.19. The highest BCUT2D eigenvalue weighted by Crippen LogP contribution is 2.32. The summed E-state index contributed by atoms with van der Waals surface area (Å²) in [5.74, 6) is 1.06. The van der Waals surface area contributed by atoms with E-state index in [1.807, 2.05) is 36.4 Å². The minimum Gasteiger partial charge on any atom is -0.353 e. The molecule has 7 nitrogen and oxygen atoms in total. The van der Waals surface area contributed by atoms with Gasteiger partial charge in [-0.3, -0.25) is 14.4 Å². The number of rotatable bonds is 3. The molecule has 0 aliphatic carbocycles. The Hall–Kier alpha value is -3.19. The number of aryl methyl sites for hydroxylation is 1. The fourth-order valence-electron chi connectivity index (χ4n) is 4.68. The lowest BCUT2D eigenvalue weighted by Gasteiger charge is -2.37. The van der Waals surface area contributed by atoms with Crippen LogP contribution in [0.15, 0.2) is 59.3 Å². The molecule has 1 saturated heterocycles. The first kappa shape index (κ1) is 20.7. The summed E-state index contributed by atoms with van der Waals surface area (Å²) in [4.78, 5) is 24.5. The monoisotopic (exact) mass is 430 g/mol. The van der Waals surface area contributed by atoms with Gasteiger partial charge in [0.15, 0.2) is 0 Å². The van der Waals surface area contributed by atoms with Crippen LogP contribution in [0.2, 0.25) is 0 Å². The van der Waals surface area contributed by atoms with Gasteiger partial charge in [-0.2, -0.15) is 5.10 Å². The van der Waals surface area contributed by atoms with Crippen LogP contribution in [0.1, 0.15) is 25.8 Å². The van der Waals surface area contributed by atoms with Gasteiger partial charge < -0.3 is 9.80 Å². The minimum absolute atomic E-state index is 0.0278. The summed E-state index contributed by atoms with van der Waals surface area (Å²) in [5.41, 5.74) is 3.96. The molecule has 1 fully saturated rings. The van der Waals surface area contributed by atoms with Crippen molar-refractivity contribution in [2.45, 2.75) is 20.3 Å². The molecule has 1 aromatic heterocycles. The summed E-state index contributed by atoms with van der Waals surface area (Å²) in [6.07, 6.45) is 10.5. The zero-order valence-corrected chi connectivity index (χ0v) is 19.0. The fraction of sp³-hybridized carbons (Fsp3) is 0.400. The largest absolute Gasteiger partial charge is 0.353 e. The first-order valence-electron chi connectivity index (χ1n) is 11.4. The second kappa shape index (κ2) is 8.39. The highest BCUT2D eigenvalue weighted by Gasteiger charge is 2.26. The van der Waals surface area contributed by atoms with Crippen molar-refractivity contribution in [3.8, 4) is 0 Å². The molecule has 3 aliphatic heterocycles. The number of aliphatic imine (C=N–C) groups is 1. The van der Waals surface area contributed by atoms with Gasteiger partial charge in [-0.05, 0) is 42.2 Å². The number of likely N-dealkylation sites (N-methyl/N-ethyl adjacent to an activating group) is 1. The molecule has 0 spiro atoms. The molecule has 5 rings (SSSR count). The van der Waals surface area contributed by atoms with Crippen molar-refractivity contribution in [1.29, 1.82) is 0 Å². The van der Waals surface area contributed by atoms with E-state index in [4.69, 9.17) is 0 Å². The summed E-state index contributed by atoms with van der Waals surface area (Å²) in [7, 11) is 1.93. The van der Waals surface area contributed by atoms with Gasteiger partial charge in [-0.15, -0.1) is 0 Å². The van der Waals surface area contributed by atoms with Crippen molar-refractivity contribution in [2.75, 3.05) is 32.7 Å². The molecule has 2 aromatic rings. The lowest BCUT2D eigenvalue weighted by molar-refractivity contribution is -0.122. The Bertz CT molecular complexity index is 1160. The van der Waals surface area contributed by atoms with Crippen LogP contribution in [-0.4, -0.2) is 69.3 Å². The smallest absolute Gasteiger partial charge is 0.255 e. The SMILES string of the molecule is CCN1CCN(C2=CN3C(=O)C=C(c4ccc5nn(C)cc5c4)C(C)CC=C3C=N2)CC1. The van der Waals surface area contributed by atoms with Crippen LogP contribution in [0, 0.1) is 5.92 Å². The normalized spacial score (nSPS) is 22.3. The minimum atomic E-state index is -0.0278. The quantitative estimate of drug-likeness (QED) is 0.750. The van der Waals surface area contributed by atoms with Gasteiger partial charge in [-0.1, -0.05) is 26.0 Å². The molecule has 166 valence electrons. The summed E-state index contributed by atoms with van der Waals surface area (Å²) >= 11 is 0. The lowest BCUT2D eigenvalue weighted by Crippen LogP contribution is -2.46. The molecule has 0 saturated carbocycles. The number of aromatic nitrogens is 2. The van der Waals surface area contributed by atoms with Gasteiger partial charge >= 0.3 is 0 Å². The highest BCUT2D eigenvalue weighted by atomic mass is 16.2. The number of hydrogen-bond donors (Lipinski definition) is 0. The van der Waals surface area contributed by atoms with Crippen molar-refractivity contribution in [3.63, 3.8) is 0 Å². The Morgan fingerprint density at radius 3 is 2.75 bits per heavy atom. The van der Waals surface area contributed by atoms with Gasteiger partial charge in [0.25, 0.3) is 5.91 Å². The molecule has 1 atom stereocenters. The number of hydrogen-bond acceptors (Lipinski definition) is 5. The van der Waals surface area contributed by atoms with Crippen molar-refractivity contribution in [3.05, 3.63) is 59.8 Å². The maximum atomic E-state index is 13.4. The third kappa shape index (κ3) is 3.88. The Labute approximate surface area is 189 Å². The Morgan fingerprint density at radius 1 is 1.16 bits per heavy atom. The van der Waals surface area contributed by atoms with Crippen LogP contribution in [0.4, 0.5) is 0 Å². The molecular weight excluding hydrogens is 400 g/mol. The van der Waals surface area contributed by atoms with Crippen molar-refractivity contribution in [2.24, 2.45) is 18.0 Å². The summed E-state index contributed by atoms with van der Waals surface area (Å²) < 4.78 is 1.82. The third-order valence-corrected chi connectivity index (χ3v) is 6.68. The molecule has 1 amide bonds. The summed E-state index contributed by atoms with van der Waals surface area (Å²) in [5, 5.41) is 5.55. The van der Waals surface area contributed by atoms with Gasteiger partial charge in [0.2, 0.25) is 0 Å². The van der Waals surface area contributed by atoms with Crippen LogP contribution in [-0.2, 0) is 11.8 Å². The van der Waals surface area contributed by atoms with E-state index in [-0.39, 0.29) is 11.8 Å². The maximum absolute atomic E-state index is 13.4. The number of benzene rings is 1. The van der Waals surface area contributed by atoms with Gasteiger partial charge in [0, 0.05) is 50.9 Å². The Balaban J connectivity index is 1.44. The van der Waals surface area contributed by atoms with Gasteiger partial charge in [0.1, 0.15) is 5.82 Å². The van der Waals surface area contributed by atoms with Crippen molar-refractivity contribution < 1.29 is 4.79 Å². The number of nitrogens with zero attached hydrogens (tertiary/aromatic N) is 6. The number of piperazine rings is 1. The van der Waals surface area contributed by atoms with E-state index < -0.39 is 0 Å². The van der Waals surface area contributed by atoms with Crippen LogP contribution >= 0.6 is 0 Å². The van der Waals surface area contributed by atoms with E-state index in [0.29, 0.717) is 0 Å². The van der Waals surface area contributed by atoms with Gasteiger partial charge in [-0.25, -0.2) is 4.99 Å². The van der Waals surface area contributed by atoms with Crippen LogP contribution in [0.25, 0.3) is 16.5 Å². The van der Waals surface area contributed by atoms with E-state index in [1.54, 1.807) is 11.0 Å². The van der Waals surface area contributed by atoms with Crippen LogP contribution < -0.4 is 0 Å². The van der Waals surface area contributed by atoms with Crippen LogP contribution in [0.5, 0.6) is 0 Å². The molecule has 7 heteroatoms. The number of amides is 1. The molecule has 3 aliphatic rings. The molecular formula is C25H30N6O. The standard InChI is InChI=1S/C25H30N6O/c1-4-29-9-11-30(12-10-29)24-17-31-21(15-26-24)7-5-18(2)22(14-25(31)32)19-6-8-23-20(13-19)16-28(3)27-23/h6-8,13-18H,4-5,9-12H2,1-3H3. The first-order chi connectivity index (χ1) is 15.5. The summed E-state index contributed by atoms with van der Waals surface area (Å²) in [6, 6.07) is 6.24. The van der Waals surface area contributed by atoms with E-state index in [1.165, 1.54) is 0 Å². The number of fused-ring (bicyclic) bond motifs is 2. The molecule has 0 bridgehead atoms. The third-order valence-electron chi connectivity index (χ3n) is 6.68.